The molecule has 0 spiro atoms. The zero-order valence-corrected chi connectivity index (χ0v) is 18.9. The van der Waals surface area contributed by atoms with Crippen molar-refractivity contribution in [1.29, 1.82) is 0 Å². The minimum absolute atomic E-state index is 0.356. The van der Waals surface area contributed by atoms with Crippen LogP contribution in [0.25, 0.3) is 0 Å². The van der Waals surface area contributed by atoms with Crippen molar-refractivity contribution in [3.8, 4) is 0 Å². The molecule has 0 aliphatic rings. The monoisotopic (exact) mass is 470 g/mol. The molecule has 9 heteroatoms. The Hall–Kier alpha value is -4.79. The fourth-order valence-electron chi connectivity index (χ4n) is 3.29. The zero-order valence-electron chi connectivity index (χ0n) is 18.9. The van der Waals surface area contributed by atoms with Crippen LogP contribution in [0.2, 0.25) is 0 Å². The maximum atomic E-state index is 12.9. The highest BCUT2D eigenvalue weighted by atomic mass is 19.1. The van der Waals surface area contributed by atoms with Gasteiger partial charge in [0.05, 0.1) is 18.1 Å². The van der Waals surface area contributed by atoms with E-state index in [2.05, 4.69) is 25.9 Å². The Bertz CT molecular complexity index is 1360. The lowest BCUT2D eigenvalue weighted by Gasteiger charge is -2.11. The molecule has 0 fully saturated rings. The number of rotatable bonds is 7. The molecule has 0 radical (unpaired) electrons. The summed E-state index contributed by atoms with van der Waals surface area (Å²) in [6.45, 7) is 1.20. The van der Waals surface area contributed by atoms with Gasteiger partial charge in [0.1, 0.15) is 6.67 Å². The van der Waals surface area contributed by atoms with Gasteiger partial charge in [0.25, 0.3) is 11.8 Å². The summed E-state index contributed by atoms with van der Waals surface area (Å²) in [6, 6.07) is 18.4. The Morgan fingerprint density at radius 1 is 0.857 bits per heavy atom. The van der Waals surface area contributed by atoms with Crippen molar-refractivity contribution in [2.24, 2.45) is 0 Å². The number of benzene rings is 3. The van der Waals surface area contributed by atoms with Gasteiger partial charge in [-0.2, -0.15) is 0 Å². The van der Waals surface area contributed by atoms with E-state index in [-0.39, 0.29) is 11.8 Å². The predicted octanol–water partition coefficient (Wildman–Crippen LogP) is 5.08. The predicted molar refractivity (Wildman–Crippen MR) is 135 cm³/mol. The Labute approximate surface area is 201 Å². The first kappa shape index (κ1) is 23.4. The molecule has 8 nitrogen and oxygen atoms in total. The molecular formula is C26H23FN6O2. The highest BCUT2D eigenvalue weighted by Gasteiger charge is 2.13. The van der Waals surface area contributed by atoms with Crippen molar-refractivity contribution in [2.45, 2.75) is 13.6 Å². The number of nitrogens with one attached hydrogen (secondary N) is 3. The highest BCUT2D eigenvalue weighted by molar-refractivity contribution is 6.08. The summed E-state index contributed by atoms with van der Waals surface area (Å²) in [4.78, 5) is 33.8. The van der Waals surface area contributed by atoms with Crippen molar-refractivity contribution in [2.75, 3.05) is 21.7 Å². The molecule has 0 aliphatic carbocycles. The van der Waals surface area contributed by atoms with Crippen molar-refractivity contribution in [1.82, 2.24) is 9.97 Å². The largest absolute Gasteiger partial charge is 0.399 e. The number of aromatic nitrogens is 2. The molecule has 0 saturated carbocycles. The average Bonchev–Trinajstić information content (AvgIpc) is 2.86. The van der Waals surface area contributed by atoms with Gasteiger partial charge < -0.3 is 21.7 Å². The summed E-state index contributed by atoms with van der Waals surface area (Å²) in [6.07, 6.45) is 2.98. The van der Waals surface area contributed by atoms with E-state index in [4.69, 9.17) is 5.73 Å². The second-order valence-corrected chi connectivity index (χ2v) is 7.81. The number of anilines is 5. The van der Waals surface area contributed by atoms with Gasteiger partial charge in [0, 0.05) is 28.2 Å². The smallest absolute Gasteiger partial charge is 0.256 e. The minimum Gasteiger partial charge on any atom is -0.399 e. The van der Waals surface area contributed by atoms with E-state index in [1.807, 2.05) is 12.1 Å². The Morgan fingerprint density at radius 2 is 1.57 bits per heavy atom. The van der Waals surface area contributed by atoms with Crippen LogP contribution in [-0.4, -0.2) is 21.8 Å². The molecule has 1 aromatic heterocycles. The topological polar surface area (TPSA) is 122 Å². The van der Waals surface area contributed by atoms with Gasteiger partial charge in [-0.3, -0.25) is 9.59 Å². The van der Waals surface area contributed by atoms with E-state index in [1.165, 1.54) is 12.4 Å². The van der Waals surface area contributed by atoms with Gasteiger partial charge in [0.2, 0.25) is 5.95 Å². The lowest BCUT2D eigenvalue weighted by molar-refractivity contribution is 0.101. The van der Waals surface area contributed by atoms with Gasteiger partial charge in [-0.05, 0) is 60.5 Å². The third-order valence-electron chi connectivity index (χ3n) is 5.16. The lowest BCUT2D eigenvalue weighted by atomic mass is 10.1. The van der Waals surface area contributed by atoms with Crippen molar-refractivity contribution in [3.63, 3.8) is 0 Å². The first-order valence-corrected chi connectivity index (χ1v) is 10.7. The summed E-state index contributed by atoms with van der Waals surface area (Å²) < 4.78 is 12.7. The van der Waals surface area contributed by atoms with E-state index >= 15 is 0 Å². The zero-order chi connectivity index (χ0) is 24.8. The number of hydrogen-bond acceptors (Lipinski definition) is 6. The van der Waals surface area contributed by atoms with Crippen LogP contribution >= 0.6 is 0 Å². The summed E-state index contributed by atoms with van der Waals surface area (Å²) in [5.41, 5.74) is 10.00. The molecule has 0 unspecified atom stereocenters. The van der Waals surface area contributed by atoms with E-state index in [0.29, 0.717) is 39.7 Å². The third kappa shape index (κ3) is 5.97. The molecule has 0 bridgehead atoms. The van der Waals surface area contributed by atoms with Gasteiger partial charge in [-0.25, -0.2) is 14.4 Å². The van der Waals surface area contributed by atoms with E-state index in [0.717, 1.165) is 11.3 Å². The van der Waals surface area contributed by atoms with Gasteiger partial charge in [0.15, 0.2) is 0 Å². The summed E-state index contributed by atoms with van der Waals surface area (Å²) in [5, 5.41) is 8.56. The molecule has 35 heavy (non-hydrogen) atoms. The lowest BCUT2D eigenvalue weighted by Crippen LogP contribution is -2.16. The van der Waals surface area contributed by atoms with Crippen LogP contribution in [0.4, 0.5) is 33.1 Å². The number of alkyl halides is 1. The van der Waals surface area contributed by atoms with E-state index in [9.17, 15) is 14.0 Å². The number of hydrogen-bond donors (Lipinski definition) is 4. The van der Waals surface area contributed by atoms with Crippen molar-refractivity contribution in [3.05, 3.63) is 101 Å². The molecule has 0 aliphatic heterocycles. The second-order valence-electron chi connectivity index (χ2n) is 7.81. The maximum Gasteiger partial charge on any atom is 0.256 e. The molecule has 2 amide bonds. The second kappa shape index (κ2) is 10.4. The Balaban J connectivity index is 1.42. The van der Waals surface area contributed by atoms with Crippen LogP contribution in [0.1, 0.15) is 31.8 Å². The van der Waals surface area contributed by atoms with Crippen LogP contribution in [0.15, 0.2) is 79.1 Å². The standard InChI is InChI=1S/C26H23FN6O2/c1-16-5-10-21(31-24(34)18-8-6-17(13-27)7-9-18)12-23(16)25(35)32-22-14-29-26(30-15-22)33-20-4-2-3-19(28)11-20/h2-12,14-15H,13,28H2,1H3,(H,31,34)(H,32,35)(H,29,30,33). The first-order chi connectivity index (χ1) is 16.9. The van der Waals surface area contributed by atoms with Crippen LogP contribution < -0.4 is 21.7 Å². The first-order valence-electron chi connectivity index (χ1n) is 10.7. The van der Waals surface area contributed by atoms with Gasteiger partial charge in [-0.15, -0.1) is 0 Å². The number of halogens is 1. The van der Waals surface area contributed by atoms with Crippen LogP contribution in [0, 0.1) is 6.92 Å². The molecular weight excluding hydrogens is 447 g/mol. The Morgan fingerprint density at radius 3 is 2.26 bits per heavy atom. The molecule has 176 valence electrons. The van der Waals surface area contributed by atoms with E-state index < -0.39 is 6.67 Å². The van der Waals surface area contributed by atoms with Gasteiger partial charge >= 0.3 is 0 Å². The maximum absolute atomic E-state index is 12.9. The number of aryl methyl sites for hydroxylation is 1. The SMILES string of the molecule is Cc1ccc(NC(=O)c2ccc(CF)cc2)cc1C(=O)Nc1cnc(Nc2cccc(N)c2)nc1. The Kier molecular flexibility index (Phi) is 6.96. The quantitative estimate of drug-likeness (QED) is 0.279. The summed E-state index contributed by atoms with van der Waals surface area (Å²) in [7, 11) is 0. The van der Waals surface area contributed by atoms with Crippen molar-refractivity contribution < 1.29 is 14.0 Å². The minimum atomic E-state index is -0.592. The third-order valence-corrected chi connectivity index (χ3v) is 5.16. The molecule has 4 rings (SSSR count). The average molecular weight is 471 g/mol. The highest BCUT2D eigenvalue weighted by Crippen LogP contribution is 2.20. The van der Waals surface area contributed by atoms with E-state index in [1.54, 1.807) is 61.5 Å². The summed E-state index contributed by atoms with van der Waals surface area (Å²) in [5.74, 6) is -0.373. The van der Waals surface area contributed by atoms with Crippen LogP contribution in [0.3, 0.4) is 0 Å². The van der Waals surface area contributed by atoms with Crippen LogP contribution in [-0.2, 0) is 6.67 Å². The fraction of sp³-hybridized carbons (Fsp3) is 0.0769. The number of carbonyl (C=O) groups is 2. The molecule has 5 N–H and O–H groups in total. The molecule has 0 saturated heterocycles. The molecule has 3 aromatic carbocycles. The number of carbonyl (C=O) groups excluding carboxylic acids is 2. The molecule has 0 atom stereocenters. The normalized spacial score (nSPS) is 10.5. The number of nitrogens with two attached hydrogens (primary N) is 1. The van der Waals surface area contributed by atoms with Crippen molar-refractivity contribution >= 4 is 40.5 Å². The fourth-order valence-corrected chi connectivity index (χ4v) is 3.29. The number of nitrogens with zero attached hydrogens (tertiary/aromatic N) is 2. The van der Waals surface area contributed by atoms with Gasteiger partial charge in [-0.1, -0.05) is 24.3 Å². The summed E-state index contributed by atoms with van der Waals surface area (Å²) >= 11 is 0. The molecule has 1 heterocycles. The van der Waals surface area contributed by atoms with Crippen LogP contribution in [0.5, 0.6) is 0 Å². The number of amides is 2. The number of nitrogen functional groups attached to an aromatic ring is 1. The molecule has 4 aromatic rings.